The zero-order valence-corrected chi connectivity index (χ0v) is 42.9. The molecule has 1 aromatic rings. The van der Waals surface area contributed by atoms with Crippen LogP contribution in [0.15, 0.2) is 114 Å². The number of rotatable bonds is 38. The number of nitrogens with zero attached hydrogens (tertiary/aromatic N) is 2. The number of nitrogen functional groups attached to an aromatic ring is 1. The highest BCUT2D eigenvalue weighted by atomic mass is 31.3. The fourth-order valence-corrected chi connectivity index (χ4v) is 8.54. The Morgan fingerprint density at radius 2 is 1.31 bits per heavy atom. The molecule has 1 aliphatic heterocycles. The molecule has 19 nitrogen and oxygen atoms in total. The van der Waals surface area contributed by atoms with Crippen molar-refractivity contribution in [2.24, 2.45) is 0 Å². The number of anilines is 1. The van der Waals surface area contributed by atoms with Crippen molar-refractivity contribution in [1.82, 2.24) is 9.55 Å². The SMILES string of the molecule is CC/C=C\C/C=C\C/C=C\CCCCCCCC(=O)O[C@H](COC(=O)CCC/C=C\C/C=C\C/C=C\C/C=C\C=C\[C@@H](O)CC)COP(=O)(O)OP(=O)(O)OC[C@H]1O[C@@H](n2ccc(N)nc2=O)[C@H](O)[C@@H]1O. The molecule has 1 fully saturated rings. The van der Waals surface area contributed by atoms with Crippen LogP contribution in [0.1, 0.15) is 129 Å². The molecule has 2 rings (SSSR count). The van der Waals surface area contributed by atoms with E-state index in [9.17, 15) is 48.6 Å². The topological polar surface area (TPSA) is 286 Å². The lowest BCUT2D eigenvalue weighted by Gasteiger charge is -2.21. The molecule has 0 aliphatic carbocycles. The molecule has 7 N–H and O–H groups in total. The minimum atomic E-state index is -5.45. The van der Waals surface area contributed by atoms with Crippen molar-refractivity contribution in [1.29, 1.82) is 0 Å². The van der Waals surface area contributed by atoms with Crippen LogP contribution in [-0.2, 0) is 46.3 Å². The molecule has 0 radical (unpaired) electrons. The molecule has 0 bridgehead atoms. The maximum absolute atomic E-state index is 12.8. The van der Waals surface area contributed by atoms with Gasteiger partial charge in [0.25, 0.3) is 0 Å². The number of phosphoric acid groups is 2. The number of aromatic nitrogens is 2. The summed E-state index contributed by atoms with van der Waals surface area (Å²) in [5, 5.41) is 30.4. The molecule has 8 atom stereocenters. The van der Waals surface area contributed by atoms with Crippen LogP contribution in [-0.4, -0.2) is 96.9 Å². The number of hydrogen-bond donors (Lipinski definition) is 6. The molecule has 2 unspecified atom stereocenters. The number of nitrogens with two attached hydrogens (primary N) is 1. The molecule has 0 aromatic carbocycles. The van der Waals surface area contributed by atoms with E-state index in [4.69, 9.17) is 29.0 Å². The summed E-state index contributed by atoms with van der Waals surface area (Å²) in [6.07, 6.45) is 37.4. The quantitative estimate of drug-likeness (QED) is 0.0119. The largest absolute Gasteiger partial charge is 0.481 e. The smallest absolute Gasteiger partial charge is 0.462 e. The van der Waals surface area contributed by atoms with Crippen molar-refractivity contribution in [2.45, 2.75) is 160 Å². The molecule has 0 amide bonds. The monoisotopic (exact) mass is 1040 g/mol. The summed E-state index contributed by atoms with van der Waals surface area (Å²) in [4.78, 5) is 61.8. The maximum atomic E-state index is 12.8. The molecular formula is C50H77N3O16P2. The van der Waals surface area contributed by atoms with E-state index in [1.165, 1.54) is 6.07 Å². The second-order valence-corrected chi connectivity index (χ2v) is 19.4. The first-order chi connectivity index (χ1) is 34.1. The predicted octanol–water partition coefficient (Wildman–Crippen LogP) is 8.63. The number of aliphatic hydroxyl groups excluding tert-OH is 3. The highest BCUT2D eigenvalue weighted by Crippen LogP contribution is 2.60. The second kappa shape index (κ2) is 37.4. The summed E-state index contributed by atoms with van der Waals surface area (Å²) >= 11 is 0. The molecule has 1 saturated heterocycles. The third kappa shape index (κ3) is 30.3. The van der Waals surface area contributed by atoms with Crippen molar-refractivity contribution < 1.29 is 71.4 Å². The van der Waals surface area contributed by atoms with Crippen molar-refractivity contribution in [3.63, 3.8) is 0 Å². The lowest BCUT2D eigenvalue weighted by Crippen LogP contribution is -2.36. The summed E-state index contributed by atoms with van der Waals surface area (Å²) in [5.41, 5.74) is 4.57. The number of phosphoric ester groups is 2. The molecule has 0 spiro atoms. The highest BCUT2D eigenvalue weighted by molar-refractivity contribution is 7.61. The molecule has 0 saturated carbocycles. The number of aliphatic hydroxyl groups is 3. The molecule has 71 heavy (non-hydrogen) atoms. The van der Waals surface area contributed by atoms with Gasteiger partial charge in [0.05, 0.1) is 19.3 Å². The number of ether oxygens (including phenoxy) is 3. The molecule has 1 aliphatic rings. The van der Waals surface area contributed by atoms with E-state index < -0.39 is 89.8 Å². The van der Waals surface area contributed by atoms with Crippen molar-refractivity contribution in [3.8, 4) is 0 Å². The summed E-state index contributed by atoms with van der Waals surface area (Å²) in [5.74, 6) is -1.42. The third-order valence-corrected chi connectivity index (χ3v) is 12.9. The zero-order chi connectivity index (χ0) is 52.2. The number of carbonyl (C=O) groups is 2. The first kappa shape index (κ1) is 62.8. The lowest BCUT2D eigenvalue weighted by molar-refractivity contribution is -0.161. The number of carbonyl (C=O) groups excluding carboxylic acids is 2. The normalized spacial score (nSPS) is 20.4. The Kier molecular flexibility index (Phi) is 33.1. The van der Waals surface area contributed by atoms with Gasteiger partial charge in [-0.1, -0.05) is 130 Å². The maximum Gasteiger partial charge on any atom is 0.481 e. The van der Waals surface area contributed by atoms with Gasteiger partial charge in [0.15, 0.2) is 12.3 Å². The molecule has 398 valence electrons. The van der Waals surface area contributed by atoms with Gasteiger partial charge < -0.3 is 45.1 Å². The minimum absolute atomic E-state index is 0.00529. The summed E-state index contributed by atoms with van der Waals surface area (Å²) < 4.78 is 56.6. The van der Waals surface area contributed by atoms with Crippen LogP contribution >= 0.6 is 15.6 Å². The van der Waals surface area contributed by atoms with Crippen LogP contribution in [0.2, 0.25) is 0 Å². The van der Waals surface area contributed by atoms with Gasteiger partial charge in [0.1, 0.15) is 30.7 Å². The molecule has 2 heterocycles. The van der Waals surface area contributed by atoms with Crippen molar-refractivity contribution in [2.75, 3.05) is 25.6 Å². The summed E-state index contributed by atoms with van der Waals surface area (Å²) in [7, 11) is -10.9. The second-order valence-electron chi connectivity index (χ2n) is 16.4. The Morgan fingerprint density at radius 3 is 1.94 bits per heavy atom. The number of allylic oxidation sites excluding steroid dienone is 15. The van der Waals surface area contributed by atoms with Gasteiger partial charge in [-0.25, -0.2) is 13.9 Å². The number of hydrogen-bond acceptors (Lipinski definition) is 16. The standard InChI is InChI=1S/C50H77N3O16P2/c1-3-5-6-7-8-9-10-11-12-17-20-23-26-29-32-35-46(56)67-42(38-64-45(55)34-31-28-25-22-19-16-14-13-15-18-21-24-27-30-33-41(54)4-2)39-65-70(60,61)69-71(62,63)66-40-43-47(57)48(58)49(68-43)53-37-36-44(51)52-50(53)59/h5-6,8-9,11-12,14-16,18,22,24-25,27,30,33,36-37,41-43,47-49,54,57-58H,3-4,7,10,13,17,19-21,23,26,28-29,31-32,34-35,38-40H2,1-2H3,(H,60,61)(H,62,63)(H2,51,52,59)/b6-5-,9-8-,12-11-,16-14-,18-15-,25-22-,27-24-,33-30+/t41-,42+,43+,47+,48+,49+/m0/s1. The van der Waals surface area contributed by atoms with Crippen molar-refractivity contribution in [3.05, 3.63) is 120 Å². The van der Waals surface area contributed by atoms with Gasteiger partial charge in [-0.3, -0.25) is 23.2 Å². The first-order valence-electron chi connectivity index (χ1n) is 24.4. The van der Waals surface area contributed by atoms with Crippen LogP contribution in [0.5, 0.6) is 0 Å². The number of unbranched alkanes of at least 4 members (excludes halogenated alkanes) is 6. The average Bonchev–Trinajstić information content (AvgIpc) is 3.61. The highest BCUT2D eigenvalue weighted by Gasteiger charge is 2.46. The van der Waals surface area contributed by atoms with Gasteiger partial charge in [0, 0.05) is 19.0 Å². The molecular weight excluding hydrogens is 961 g/mol. The van der Waals surface area contributed by atoms with Crippen LogP contribution in [0, 0.1) is 0 Å². The zero-order valence-electron chi connectivity index (χ0n) is 41.1. The van der Waals surface area contributed by atoms with Crippen molar-refractivity contribution >= 4 is 33.4 Å². The van der Waals surface area contributed by atoms with Gasteiger partial charge in [-0.15, -0.1) is 0 Å². The Hall–Kier alpha value is -4.36. The fourth-order valence-electron chi connectivity index (χ4n) is 6.43. The Morgan fingerprint density at radius 1 is 0.746 bits per heavy atom. The predicted molar refractivity (Wildman–Crippen MR) is 271 cm³/mol. The Labute approximate surface area is 418 Å². The van der Waals surface area contributed by atoms with Crippen LogP contribution in [0.25, 0.3) is 0 Å². The van der Waals surface area contributed by atoms with Crippen LogP contribution < -0.4 is 11.4 Å². The fraction of sp³-hybridized carbons (Fsp3) is 0.560. The van der Waals surface area contributed by atoms with E-state index in [0.29, 0.717) is 25.7 Å². The van der Waals surface area contributed by atoms with Crippen LogP contribution in [0.4, 0.5) is 5.82 Å². The molecule has 21 heteroatoms. The Balaban J connectivity index is 1.85. The number of esters is 2. The van der Waals surface area contributed by atoms with Gasteiger partial charge in [0.2, 0.25) is 0 Å². The van der Waals surface area contributed by atoms with E-state index in [0.717, 1.165) is 81.4 Å². The summed E-state index contributed by atoms with van der Waals surface area (Å²) in [6.45, 7) is 1.61. The van der Waals surface area contributed by atoms with Gasteiger partial charge in [-0.2, -0.15) is 9.29 Å². The molecule has 1 aromatic heterocycles. The van der Waals surface area contributed by atoms with E-state index in [-0.39, 0.29) is 18.7 Å². The lowest BCUT2D eigenvalue weighted by atomic mass is 10.1. The van der Waals surface area contributed by atoms with Gasteiger partial charge >= 0.3 is 33.3 Å². The minimum Gasteiger partial charge on any atom is -0.462 e. The summed E-state index contributed by atoms with van der Waals surface area (Å²) in [6, 6.07) is 1.24. The average molecular weight is 1040 g/mol. The van der Waals surface area contributed by atoms with Gasteiger partial charge in [-0.05, 0) is 83.1 Å². The van der Waals surface area contributed by atoms with Crippen LogP contribution in [0.3, 0.4) is 0 Å². The van der Waals surface area contributed by atoms with E-state index in [1.807, 2.05) is 43.4 Å². The Bertz CT molecular complexity index is 2080. The van der Waals surface area contributed by atoms with E-state index >= 15 is 0 Å². The first-order valence-corrected chi connectivity index (χ1v) is 27.3. The van der Waals surface area contributed by atoms with E-state index in [1.54, 1.807) is 6.08 Å². The van der Waals surface area contributed by atoms with E-state index in [2.05, 4.69) is 70.9 Å². The third-order valence-electron chi connectivity index (χ3n) is 10.3.